The second-order valence-electron chi connectivity index (χ2n) is 6.74. The lowest BCUT2D eigenvalue weighted by Crippen LogP contribution is -2.52. The Bertz CT molecular complexity index is 668. The normalized spacial score (nSPS) is 12.5. The van der Waals surface area contributed by atoms with Crippen LogP contribution >= 0.6 is 0 Å². The monoisotopic (exact) mass is 340 g/mol. The van der Waals surface area contributed by atoms with Crippen molar-refractivity contribution in [2.45, 2.75) is 38.3 Å². The number of carboxylic acid groups (broad SMARTS) is 1. The fourth-order valence-electron chi connectivity index (χ4n) is 2.61. The van der Waals surface area contributed by atoms with Gasteiger partial charge in [-0.3, -0.25) is 0 Å². The van der Waals surface area contributed by atoms with E-state index in [0.29, 0.717) is 0 Å². The van der Waals surface area contributed by atoms with Gasteiger partial charge in [0.1, 0.15) is 5.60 Å². The summed E-state index contributed by atoms with van der Waals surface area (Å²) in [6.07, 6.45) is -0.793. The minimum Gasteiger partial charge on any atom is -0.548 e. The quantitative estimate of drug-likeness (QED) is 0.907. The largest absolute Gasteiger partial charge is 0.548 e. The third-order valence-corrected chi connectivity index (χ3v) is 3.58. The Morgan fingerprint density at radius 1 is 0.920 bits per heavy atom. The number of carbonyl (C=O) groups excluding carboxylic acids is 2. The number of amides is 1. The average molecular weight is 340 g/mol. The molecule has 2 aromatic carbocycles. The highest BCUT2D eigenvalue weighted by Crippen LogP contribution is 2.28. The second kappa shape index (κ2) is 7.83. The van der Waals surface area contributed by atoms with E-state index in [1.54, 1.807) is 20.8 Å². The summed E-state index contributed by atoms with van der Waals surface area (Å²) in [5, 5.41) is 14.3. The maximum atomic E-state index is 12.1. The first-order chi connectivity index (χ1) is 11.8. The summed E-state index contributed by atoms with van der Waals surface area (Å²) in [5.41, 5.74) is 0.799. The molecule has 1 amide bonds. The van der Waals surface area contributed by atoms with Crippen LogP contribution in [0.4, 0.5) is 4.79 Å². The first-order valence-corrected chi connectivity index (χ1v) is 8.08. The standard InChI is InChI=1S/C20H23NO4/c1-20(2,3)25-19(24)21-17(18(22)23)16(14-10-6-4-7-11-14)15-12-8-5-9-13-15/h4-13,16-17H,1-3H3,(H,21,24)(H,22,23)/p-1/t17-/m1/s1. The van der Waals surface area contributed by atoms with E-state index in [9.17, 15) is 14.7 Å². The molecule has 0 bridgehead atoms. The Balaban J connectivity index is 2.38. The molecule has 5 heteroatoms. The van der Waals surface area contributed by atoms with Gasteiger partial charge >= 0.3 is 6.09 Å². The van der Waals surface area contributed by atoms with E-state index in [2.05, 4.69) is 5.32 Å². The number of rotatable bonds is 5. The molecule has 0 saturated carbocycles. The molecule has 0 unspecified atom stereocenters. The number of nitrogens with one attached hydrogen (secondary N) is 1. The van der Waals surface area contributed by atoms with Crippen molar-refractivity contribution in [1.82, 2.24) is 5.32 Å². The highest BCUT2D eigenvalue weighted by molar-refractivity contribution is 5.80. The number of ether oxygens (including phenoxy) is 1. The number of carboxylic acids is 1. The lowest BCUT2D eigenvalue weighted by molar-refractivity contribution is -0.308. The molecule has 2 aromatic rings. The van der Waals surface area contributed by atoms with Crippen LogP contribution in [0.1, 0.15) is 37.8 Å². The van der Waals surface area contributed by atoms with E-state index in [0.717, 1.165) is 11.1 Å². The topological polar surface area (TPSA) is 78.5 Å². The first-order valence-electron chi connectivity index (χ1n) is 8.08. The fraction of sp³-hybridized carbons (Fsp3) is 0.300. The molecule has 132 valence electrons. The third kappa shape index (κ3) is 5.35. The van der Waals surface area contributed by atoms with E-state index in [-0.39, 0.29) is 0 Å². The molecule has 0 aliphatic rings. The van der Waals surface area contributed by atoms with Crippen LogP contribution in [-0.4, -0.2) is 23.7 Å². The fourth-order valence-corrected chi connectivity index (χ4v) is 2.61. The van der Waals surface area contributed by atoms with E-state index in [1.807, 2.05) is 60.7 Å². The van der Waals surface area contributed by atoms with Crippen LogP contribution < -0.4 is 10.4 Å². The molecule has 0 saturated heterocycles. The van der Waals surface area contributed by atoms with Gasteiger partial charge in [0.25, 0.3) is 0 Å². The second-order valence-corrected chi connectivity index (χ2v) is 6.74. The summed E-state index contributed by atoms with van der Waals surface area (Å²) >= 11 is 0. The minimum atomic E-state index is -1.37. The van der Waals surface area contributed by atoms with E-state index in [1.165, 1.54) is 0 Å². The Morgan fingerprint density at radius 3 is 1.72 bits per heavy atom. The zero-order chi connectivity index (χ0) is 18.4. The Kier molecular flexibility index (Phi) is 5.80. The van der Waals surface area contributed by atoms with Crippen LogP contribution in [0.2, 0.25) is 0 Å². The zero-order valence-electron chi connectivity index (χ0n) is 14.6. The molecule has 0 fully saturated rings. The summed E-state index contributed by atoms with van der Waals surface area (Å²) < 4.78 is 5.20. The van der Waals surface area contributed by atoms with Gasteiger partial charge < -0.3 is 20.0 Å². The van der Waals surface area contributed by atoms with Gasteiger partial charge in [0.05, 0.1) is 12.0 Å². The van der Waals surface area contributed by atoms with Crippen LogP contribution in [-0.2, 0) is 9.53 Å². The van der Waals surface area contributed by atoms with Crippen molar-refractivity contribution < 1.29 is 19.4 Å². The third-order valence-electron chi connectivity index (χ3n) is 3.58. The summed E-state index contributed by atoms with van der Waals surface area (Å²) in [5.74, 6) is -1.97. The molecular formula is C20H22NO4-. The van der Waals surface area contributed by atoms with Crippen LogP contribution in [0.25, 0.3) is 0 Å². The van der Waals surface area contributed by atoms with E-state index >= 15 is 0 Å². The highest BCUT2D eigenvalue weighted by atomic mass is 16.6. The number of hydrogen-bond acceptors (Lipinski definition) is 4. The number of alkyl carbamates (subject to hydrolysis) is 1. The summed E-state index contributed by atoms with van der Waals surface area (Å²) in [6.45, 7) is 5.14. The summed E-state index contributed by atoms with van der Waals surface area (Å²) in [4.78, 5) is 23.9. The van der Waals surface area contributed by atoms with Gasteiger partial charge in [-0.1, -0.05) is 60.7 Å². The van der Waals surface area contributed by atoms with Crippen LogP contribution in [0.5, 0.6) is 0 Å². The van der Waals surface area contributed by atoms with Gasteiger partial charge in [-0.25, -0.2) is 4.79 Å². The van der Waals surface area contributed by atoms with Crippen molar-refractivity contribution in [1.29, 1.82) is 0 Å². The summed E-state index contributed by atoms with van der Waals surface area (Å²) in [7, 11) is 0. The van der Waals surface area contributed by atoms with Crippen molar-refractivity contribution in [2.75, 3.05) is 0 Å². The molecule has 0 aromatic heterocycles. The van der Waals surface area contributed by atoms with Crippen LogP contribution in [0.15, 0.2) is 60.7 Å². The van der Waals surface area contributed by atoms with Crippen LogP contribution in [0.3, 0.4) is 0 Å². The van der Waals surface area contributed by atoms with Crippen molar-refractivity contribution >= 4 is 12.1 Å². The lowest BCUT2D eigenvalue weighted by Gasteiger charge is -2.30. The molecule has 0 heterocycles. The van der Waals surface area contributed by atoms with Crippen molar-refractivity contribution in [3.63, 3.8) is 0 Å². The van der Waals surface area contributed by atoms with Crippen molar-refractivity contribution in [2.24, 2.45) is 0 Å². The van der Waals surface area contributed by atoms with Crippen LogP contribution in [0, 0.1) is 0 Å². The Hall–Kier alpha value is -2.82. The molecule has 0 aliphatic carbocycles. The Morgan fingerprint density at radius 2 is 1.36 bits per heavy atom. The zero-order valence-corrected chi connectivity index (χ0v) is 14.6. The molecule has 0 spiro atoms. The number of carbonyl (C=O) groups is 2. The molecule has 0 aliphatic heterocycles. The lowest BCUT2D eigenvalue weighted by atomic mass is 9.85. The molecule has 1 N–H and O–H groups in total. The van der Waals surface area contributed by atoms with E-state index in [4.69, 9.17) is 4.74 Å². The molecular weight excluding hydrogens is 318 g/mol. The number of aliphatic carboxylic acids is 1. The van der Waals surface area contributed by atoms with Gasteiger partial charge in [-0.2, -0.15) is 0 Å². The minimum absolute atomic E-state index is 0.597. The first kappa shape index (κ1) is 18.5. The molecule has 25 heavy (non-hydrogen) atoms. The maximum absolute atomic E-state index is 12.1. The van der Waals surface area contributed by atoms with Gasteiger partial charge in [0.15, 0.2) is 0 Å². The van der Waals surface area contributed by atoms with E-state index < -0.39 is 29.6 Å². The summed E-state index contributed by atoms with van der Waals surface area (Å²) in [6, 6.07) is 17.0. The maximum Gasteiger partial charge on any atom is 0.408 e. The molecule has 1 atom stereocenters. The molecule has 0 radical (unpaired) electrons. The highest BCUT2D eigenvalue weighted by Gasteiger charge is 2.29. The van der Waals surface area contributed by atoms with Gasteiger partial charge in [0, 0.05) is 5.92 Å². The van der Waals surface area contributed by atoms with Gasteiger partial charge in [-0.05, 0) is 31.9 Å². The Labute approximate surface area is 147 Å². The van der Waals surface area contributed by atoms with Crippen molar-refractivity contribution in [3.8, 4) is 0 Å². The molecule has 2 rings (SSSR count). The average Bonchev–Trinajstić information content (AvgIpc) is 2.54. The number of benzene rings is 2. The SMILES string of the molecule is CC(C)(C)OC(=O)N[C@@H](C(=O)[O-])C(c1ccccc1)c1ccccc1. The predicted molar refractivity (Wildman–Crippen MR) is 92.9 cm³/mol. The number of hydrogen-bond donors (Lipinski definition) is 1. The van der Waals surface area contributed by atoms with Gasteiger partial charge in [-0.15, -0.1) is 0 Å². The predicted octanol–water partition coefficient (Wildman–Crippen LogP) is 2.46. The van der Waals surface area contributed by atoms with Crippen molar-refractivity contribution in [3.05, 3.63) is 71.8 Å². The smallest absolute Gasteiger partial charge is 0.408 e. The molecule has 5 nitrogen and oxygen atoms in total. The van der Waals surface area contributed by atoms with Gasteiger partial charge in [0.2, 0.25) is 0 Å².